The summed E-state index contributed by atoms with van der Waals surface area (Å²) < 4.78 is 7.67. The molecule has 7 nitrogen and oxygen atoms in total. The average Bonchev–Trinajstić information content (AvgIpc) is 2.94. The van der Waals surface area contributed by atoms with Crippen LogP contribution in [0.3, 0.4) is 0 Å². The number of ether oxygens (including phenoxy) is 1. The van der Waals surface area contributed by atoms with Crippen molar-refractivity contribution in [1.82, 2.24) is 15.1 Å². The predicted molar refractivity (Wildman–Crippen MR) is 94.6 cm³/mol. The van der Waals surface area contributed by atoms with Crippen LogP contribution in [0.1, 0.15) is 34.8 Å². The number of hydrogen-bond donors (Lipinski definition) is 3. The second-order valence-electron chi connectivity index (χ2n) is 6.69. The lowest BCUT2D eigenvalue weighted by molar-refractivity contribution is 0.100. The topological polar surface area (TPSA) is 94.2 Å². The van der Waals surface area contributed by atoms with Crippen molar-refractivity contribution >= 4 is 11.7 Å². The van der Waals surface area contributed by atoms with E-state index >= 15 is 0 Å². The van der Waals surface area contributed by atoms with Gasteiger partial charge in [0.1, 0.15) is 17.1 Å². The van der Waals surface area contributed by atoms with Gasteiger partial charge >= 0.3 is 0 Å². The minimum atomic E-state index is -0.444. The molecule has 7 heteroatoms. The van der Waals surface area contributed by atoms with Crippen LogP contribution in [0.4, 0.5) is 5.82 Å². The number of fused-ring (bicyclic) bond motifs is 2. The molecule has 0 spiro atoms. The van der Waals surface area contributed by atoms with Gasteiger partial charge in [-0.3, -0.25) is 4.79 Å². The van der Waals surface area contributed by atoms with Crippen LogP contribution in [-0.4, -0.2) is 35.4 Å². The van der Waals surface area contributed by atoms with Crippen LogP contribution in [-0.2, 0) is 6.54 Å². The van der Waals surface area contributed by atoms with Gasteiger partial charge in [0.05, 0.1) is 12.8 Å². The van der Waals surface area contributed by atoms with Crippen LogP contribution in [0.25, 0.3) is 0 Å². The van der Waals surface area contributed by atoms with Crippen molar-refractivity contribution in [3.8, 4) is 5.75 Å². The van der Waals surface area contributed by atoms with Crippen LogP contribution in [0.2, 0.25) is 0 Å². The number of nitrogens with two attached hydrogens (primary N) is 1. The van der Waals surface area contributed by atoms with E-state index in [4.69, 9.17) is 10.5 Å². The Kier molecular flexibility index (Phi) is 4.31. The van der Waals surface area contributed by atoms with E-state index in [1.807, 2.05) is 16.8 Å². The van der Waals surface area contributed by atoms with Crippen molar-refractivity contribution in [3.05, 3.63) is 41.6 Å². The van der Waals surface area contributed by atoms with Gasteiger partial charge < -0.3 is 21.1 Å². The van der Waals surface area contributed by atoms with Gasteiger partial charge in [-0.05, 0) is 18.9 Å². The summed E-state index contributed by atoms with van der Waals surface area (Å²) in [6.07, 6.45) is 3.65. The molecule has 4 rings (SSSR count). The highest BCUT2D eigenvalue weighted by molar-refractivity contribution is 5.97. The summed E-state index contributed by atoms with van der Waals surface area (Å²) in [5.74, 6) is 1.67. The summed E-state index contributed by atoms with van der Waals surface area (Å²) in [7, 11) is 0. The Morgan fingerprint density at radius 2 is 2.32 bits per heavy atom. The molecular formula is C18H23N5O2. The summed E-state index contributed by atoms with van der Waals surface area (Å²) in [5.41, 5.74) is 7.07. The Bertz CT molecular complexity index is 773. The number of primary amides is 1. The third kappa shape index (κ3) is 3.19. The highest BCUT2D eigenvalue weighted by Gasteiger charge is 2.25. The van der Waals surface area contributed by atoms with E-state index in [2.05, 4.69) is 27.9 Å². The zero-order valence-electron chi connectivity index (χ0n) is 14.1. The van der Waals surface area contributed by atoms with Crippen molar-refractivity contribution < 1.29 is 9.53 Å². The minimum absolute atomic E-state index is 0.305. The van der Waals surface area contributed by atoms with E-state index in [9.17, 15) is 4.79 Å². The fourth-order valence-corrected chi connectivity index (χ4v) is 3.62. The monoisotopic (exact) mass is 341 g/mol. The number of para-hydroxylation sites is 1. The largest absolute Gasteiger partial charge is 0.493 e. The molecule has 1 aromatic heterocycles. The lowest BCUT2D eigenvalue weighted by Gasteiger charge is -2.28. The first-order chi connectivity index (χ1) is 12.2. The van der Waals surface area contributed by atoms with Gasteiger partial charge in [-0.2, -0.15) is 5.10 Å². The molecule has 4 N–H and O–H groups in total. The predicted octanol–water partition coefficient (Wildman–Crippen LogP) is 1.53. The first-order valence-electron chi connectivity index (χ1n) is 8.77. The van der Waals surface area contributed by atoms with Gasteiger partial charge in [-0.1, -0.05) is 18.2 Å². The molecule has 2 aliphatic rings. The Labute approximate surface area is 146 Å². The van der Waals surface area contributed by atoms with Crippen molar-refractivity contribution in [1.29, 1.82) is 0 Å². The number of carbonyl (C=O) groups is 1. The Morgan fingerprint density at radius 3 is 3.20 bits per heavy atom. The fraction of sp³-hybridized carbons (Fsp3) is 0.444. The highest BCUT2D eigenvalue weighted by Crippen LogP contribution is 2.31. The van der Waals surface area contributed by atoms with Gasteiger partial charge in [0, 0.05) is 37.2 Å². The molecule has 0 radical (unpaired) electrons. The molecular weight excluding hydrogens is 318 g/mol. The quantitative estimate of drug-likeness (QED) is 0.784. The number of anilines is 1. The van der Waals surface area contributed by atoms with Crippen LogP contribution in [0.15, 0.2) is 30.5 Å². The third-order valence-corrected chi connectivity index (χ3v) is 4.94. The van der Waals surface area contributed by atoms with Crippen LogP contribution in [0.5, 0.6) is 5.75 Å². The molecule has 0 saturated heterocycles. The molecule has 1 aromatic carbocycles. The number of benzene rings is 1. The molecule has 132 valence electrons. The van der Waals surface area contributed by atoms with E-state index in [0.717, 1.165) is 50.7 Å². The number of rotatable bonds is 4. The van der Waals surface area contributed by atoms with Gasteiger partial charge in [-0.15, -0.1) is 0 Å². The van der Waals surface area contributed by atoms with Crippen molar-refractivity contribution in [2.75, 3.05) is 25.0 Å². The van der Waals surface area contributed by atoms with Gasteiger partial charge in [0.15, 0.2) is 0 Å². The smallest absolute Gasteiger partial charge is 0.254 e. The number of amides is 1. The molecule has 2 atom stereocenters. The SMILES string of the molecule is NC(=O)c1cnn2c1NCC(CNC1CCCOc3ccccc31)C2. The molecule has 2 unspecified atom stereocenters. The maximum Gasteiger partial charge on any atom is 0.254 e. The number of nitrogens with one attached hydrogen (secondary N) is 2. The first kappa shape index (κ1) is 16.0. The minimum Gasteiger partial charge on any atom is -0.493 e. The summed E-state index contributed by atoms with van der Waals surface area (Å²) >= 11 is 0. The summed E-state index contributed by atoms with van der Waals surface area (Å²) in [4.78, 5) is 11.4. The van der Waals surface area contributed by atoms with E-state index in [-0.39, 0.29) is 0 Å². The van der Waals surface area contributed by atoms with E-state index in [1.54, 1.807) is 6.20 Å². The first-order valence-corrected chi connectivity index (χ1v) is 8.77. The van der Waals surface area contributed by atoms with Crippen molar-refractivity contribution in [3.63, 3.8) is 0 Å². The van der Waals surface area contributed by atoms with Gasteiger partial charge in [0.25, 0.3) is 5.91 Å². The maximum absolute atomic E-state index is 11.4. The van der Waals surface area contributed by atoms with E-state index < -0.39 is 5.91 Å². The molecule has 2 aromatic rings. The van der Waals surface area contributed by atoms with E-state index in [1.165, 1.54) is 5.56 Å². The van der Waals surface area contributed by atoms with E-state index in [0.29, 0.717) is 17.5 Å². The van der Waals surface area contributed by atoms with Crippen molar-refractivity contribution in [2.45, 2.75) is 25.4 Å². The second-order valence-corrected chi connectivity index (χ2v) is 6.69. The average molecular weight is 341 g/mol. The normalized spacial score (nSPS) is 22.1. The van der Waals surface area contributed by atoms with Gasteiger partial charge in [-0.25, -0.2) is 4.68 Å². The van der Waals surface area contributed by atoms with Gasteiger partial charge in [0.2, 0.25) is 0 Å². The zero-order valence-corrected chi connectivity index (χ0v) is 14.1. The lowest BCUT2D eigenvalue weighted by atomic mass is 10.0. The van der Waals surface area contributed by atoms with Crippen LogP contribution < -0.4 is 21.1 Å². The Morgan fingerprint density at radius 1 is 1.44 bits per heavy atom. The number of aromatic nitrogens is 2. The number of carbonyl (C=O) groups excluding carboxylic acids is 1. The molecule has 2 aliphatic heterocycles. The third-order valence-electron chi connectivity index (χ3n) is 4.94. The van der Waals surface area contributed by atoms with Crippen LogP contribution in [0, 0.1) is 5.92 Å². The second kappa shape index (κ2) is 6.76. The Hall–Kier alpha value is -2.54. The van der Waals surface area contributed by atoms with Crippen molar-refractivity contribution in [2.24, 2.45) is 11.7 Å². The number of nitrogens with zero attached hydrogens (tertiary/aromatic N) is 2. The standard InChI is InChI=1S/C18H23N5O2/c19-17(24)14-10-22-23-11-12(9-21-18(14)23)8-20-15-5-3-7-25-16-6-2-1-4-13(15)16/h1-2,4,6,10,12,15,20-21H,3,5,7-9,11H2,(H2,19,24). The number of hydrogen-bond acceptors (Lipinski definition) is 5. The molecule has 1 amide bonds. The highest BCUT2D eigenvalue weighted by atomic mass is 16.5. The fourth-order valence-electron chi connectivity index (χ4n) is 3.62. The summed E-state index contributed by atoms with van der Waals surface area (Å²) in [6.45, 7) is 3.21. The molecule has 0 fully saturated rings. The molecule has 0 aliphatic carbocycles. The summed E-state index contributed by atoms with van der Waals surface area (Å²) in [6, 6.07) is 8.56. The van der Waals surface area contributed by atoms with Crippen LogP contribution >= 0.6 is 0 Å². The lowest BCUT2D eigenvalue weighted by Crippen LogP contribution is -2.37. The zero-order chi connectivity index (χ0) is 17.2. The molecule has 0 saturated carbocycles. The molecule has 25 heavy (non-hydrogen) atoms. The summed E-state index contributed by atoms with van der Waals surface area (Å²) in [5, 5.41) is 11.3. The molecule has 0 bridgehead atoms. The maximum atomic E-state index is 11.4. The Balaban J connectivity index is 1.41. The molecule has 3 heterocycles.